The number of para-hydroxylation sites is 1. The van der Waals surface area contributed by atoms with Crippen LogP contribution < -0.4 is 15.0 Å². The molecule has 1 N–H and O–H groups in total. The Labute approximate surface area is 157 Å². The quantitative estimate of drug-likeness (QED) is 0.858. The number of nitrogens with one attached hydrogen (secondary N) is 1. The van der Waals surface area contributed by atoms with E-state index in [0.717, 1.165) is 11.4 Å². The SMILES string of the molecule is CC(C)Oc1ccc(N2CC(C(=O)Nc3ccccc3Cl)CC2=O)cc1. The second kappa shape index (κ2) is 7.79. The number of ether oxygens (including phenoxy) is 1. The lowest BCUT2D eigenvalue weighted by molar-refractivity contribution is -0.122. The second-order valence-electron chi connectivity index (χ2n) is 6.53. The van der Waals surface area contributed by atoms with Crippen LogP contribution in [0.5, 0.6) is 5.75 Å². The minimum absolute atomic E-state index is 0.0677. The summed E-state index contributed by atoms with van der Waals surface area (Å²) in [5.41, 5.74) is 1.32. The maximum absolute atomic E-state index is 12.5. The Balaban J connectivity index is 1.66. The summed E-state index contributed by atoms with van der Waals surface area (Å²) < 4.78 is 5.62. The van der Waals surface area contributed by atoms with Crippen LogP contribution in [0, 0.1) is 5.92 Å². The van der Waals surface area contributed by atoms with Crippen molar-refractivity contribution in [2.45, 2.75) is 26.4 Å². The number of carbonyl (C=O) groups is 2. The van der Waals surface area contributed by atoms with Crippen molar-refractivity contribution in [1.29, 1.82) is 0 Å². The molecule has 0 spiro atoms. The van der Waals surface area contributed by atoms with Crippen LogP contribution in [0.1, 0.15) is 20.3 Å². The minimum atomic E-state index is -0.412. The molecule has 5 nitrogen and oxygen atoms in total. The van der Waals surface area contributed by atoms with Gasteiger partial charge >= 0.3 is 0 Å². The number of carbonyl (C=O) groups excluding carboxylic acids is 2. The fourth-order valence-corrected chi connectivity index (χ4v) is 3.09. The second-order valence-corrected chi connectivity index (χ2v) is 6.94. The number of hydrogen-bond acceptors (Lipinski definition) is 3. The van der Waals surface area contributed by atoms with Crippen molar-refractivity contribution in [2.24, 2.45) is 5.92 Å². The highest BCUT2D eigenvalue weighted by molar-refractivity contribution is 6.33. The Kier molecular flexibility index (Phi) is 5.47. The standard InChI is InChI=1S/C20H21ClN2O3/c1-13(2)26-16-9-7-15(8-10-16)23-12-14(11-19(23)24)20(25)22-18-6-4-3-5-17(18)21/h3-10,13-14H,11-12H2,1-2H3,(H,22,25). The molecule has 1 fully saturated rings. The van der Waals surface area contributed by atoms with Crippen LogP contribution in [0.4, 0.5) is 11.4 Å². The lowest BCUT2D eigenvalue weighted by atomic mass is 10.1. The van der Waals surface area contributed by atoms with E-state index < -0.39 is 5.92 Å². The van der Waals surface area contributed by atoms with Crippen molar-refractivity contribution >= 4 is 34.8 Å². The zero-order chi connectivity index (χ0) is 18.7. The topological polar surface area (TPSA) is 58.6 Å². The molecular formula is C20H21ClN2O3. The number of rotatable bonds is 5. The molecule has 1 heterocycles. The molecule has 0 aromatic heterocycles. The molecule has 26 heavy (non-hydrogen) atoms. The average molecular weight is 373 g/mol. The van der Waals surface area contributed by atoms with Gasteiger partial charge in [-0.15, -0.1) is 0 Å². The summed E-state index contributed by atoms with van der Waals surface area (Å²) in [5, 5.41) is 3.28. The summed E-state index contributed by atoms with van der Waals surface area (Å²) in [7, 11) is 0. The van der Waals surface area contributed by atoms with Gasteiger partial charge in [0.05, 0.1) is 22.7 Å². The van der Waals surface area contributed by atoms with E-state index >= 15 is 0 Å². The fourth-order valence-electron chi connectivity index (χ4n) is 2.91. The van der Waals surface area contributed by atoms with Gasteiger partial charge in [0.1, 0.15) is 5.75 Å². The Morgan fingerprint density at radius 2 is 1.88 bits per heavy atom. The van der Waals surface area contributed by atoms with Gasteiger partial charge in [-0.05, 0) is 50.2 Å². The van der Waals surface area contributed by atoms with Gasteiger partial charge in [-0.1, -0.05) is 23.7 Å². The van der Waals surface area contributed by atoms with Crippen LogP contribution in [0.2, 0.25) is 5.02 Å². The molecule has 2 aromatic carbocycles. The maximum Gasteiger partial charge on any atom is 0.229 e. The third-order valence-electron chi connectivity index (χ3n) is 4.15. The van der Waals surface area contributed by atoms with Gasteiger partial charge in [-0.3, -0.25) is 9.59 Å². The van der Waals surface area contributed by atoms with Crippen LogP contribution in [-0.4, -0.2) is 24.5 Å². The molecule has 0 saturated carbocycles. The van der Waals surface area contributed by atoms with Crippen molar-refractivity contribution < 1.29 is 14.3 Å². The van der Waals surface area contributed by atoms with Crippen LogP contribution in [0.3, 0.4) is 0 Å². The summed E-state index contributed by atoms with van der Waals surface area (Å²) >= 11 is 6.08. The van der Waals surface area contributed by atoms with E-state index in [4.69, 9.17) is 16.3 Å². The number of hydrogen-bond donors (Lipinski definition) is 1. The third-order valence-corrected chi connectivity index (χ3v) is 4.48. The lowest BCUT2D eigenvalue weighted by Crippen LogP contribution is -2.28. The molecule has 2 aromatic rings. The first-order chi connectivity index (χ1) is 12.4. The Bertz CT molecular complexity index is 805. The number of amides is 2. The fraction of sp³-hybridized carbons (Fsp3) is 0.300. The molecule has 1 unspecified atom stereocenters. The number of anilines is 2. The van der Waals surface area contributed by atoms with Crippen LogP contribution >= 0.6 is 11.6 Å². The third kappa shape index (κ3) is 4.17. The molecule has 3 rings (SSSR count). The van der Waals surface area contributed by atoms with Crippen LogP contribution in [0.15, 0.2) is 48.5 Å². The molecule has 1 atom stereocenters. The molecule has 1 aliphatic rings. The Morgan fingerprint density at radius 3 is 2.54 bits per heavy atom. The van der Waals surface area contributed by atoms with Gasteiger partial charge < -0.3 is 15.0 Å². The van der Waals surface area contributed by atoms with E-state index in [1.807, 2.05) is 38.1 Å². The predicted molar refractivity (Wildman–Crippen MR) is 103 cm³/mol. The Morgan fingerprint density at radius 1 is 1.19 bits per heavy atom. The van der Waals surface area contributed by atoms with Gasteiger partial charge in [0, 0.05) is 18.7 Å². The molecule has 2 amide bonds. The van der Waals surface area contributed by atoms with E-state index in [2.05, 4.69) is 5.32 Å². The summed E-state index contributed by atoms with van der Waals surface area (Å²) in [6.45, 7) is 4.26. The van der Waals surface area contributed by atoms with Gasteiger partial charge in [0.15, 0.2) is 0 Å². The highest BCUT2D eigenvalue weighted by atomic mass is 35.5. The summed E-state index contributed by atoms with van der Waals surface area (Å²) in [6, 6.07) is 14.4. The molecule has 6 heteroatoms. The molecule has 1 aliphatic heterocycles. The summed E-state index contributed by atoms with van der Waals surface area (Å²) in [4.78, 5) is 26.5. The molecular weight excluding hydrogens is 352 g/mol. The molecule has 1 saturated heterocycles. The van der Waals surface area contributed by atoms with E-state index in [1.165, 1.54) is 0 Å². The van der Waals surface area contributed by atoms with Crippen molar-refractivity contribution in [3.63, 3.8) is 0 Å². The Hall–Kier alpha value is -2.53. The lowest BCUT2D eigenvalue weighted by Gasteiger charge is -2.18. The minimum Gasteiger partial charge on any atom is -0.491 e. The first kappa shape index (κ1) is 18.3. The van der Waals surface area contributed by atoms with E-state index in [9.17, 15) is 9.59 Å². The molecule has 0 radical (unpaired) electrons. The van der Waals surface area contributed by atoms with Crippen LogP contribution in [0.25, 0.3) is 0 Å². The van der Waals surface area contributed by atoms with E-state index in [1.54, 1.807) is 29.2 Å². The highest BCUT2D eigenvalue weighted by Gasteiger charge is 2.35. The average Bonchev–Trinajstić information content (AvgIpc) is 2.99. The first-order valence-electron chi connectivity index (χ1n) is 8.56. The normalized spacial score (nSPS) is 16.8. The van der Waals surface area contributed by atoms with Gasteiger partial charge in [-0.2, -0.15) is 0 Å². The molecule has 0 bridgehead atoms. The van der Waals surface area contributed by atoms with Crippen molar-refractivity contribution in [3.8, 4) is 5.75 Å². The zero-order valence-corrected chi connectivity index (χ0v) is 15.5. The van der Waals surface area contributed by atoms with Crippen molar-refractivity contribution in [3.05, 3.63) is 53.6 Å². The highest BCUT2D eigenvalue weighted by Crippen LogP contribution is 2.29. The van der Waals surface area contributed by atoms with E-state index in [0.29, 0.717) is 17.3 Å². The number of benzene rings is 2. The predicted octanol–water partition coefficient (Wildman–Crippen LogP) is 4.12. The van der Waals surface area contributed by atoms with Crippen molar-refractivity contribution in [1.82, 2.24) is 0 Å². The van der Waals surface area contributed by atoms with Crippen molar-refractivity contribution in [2.75, 3.05) is 16.8 Å². The summed E-state index contributed by atoms with van der Waals surface area (Å²) in [6.07, 6.45) is 0.271. The molecule has 0 aliphatic carbocycles. The smallest absolute Gasteiger partial charge is 0.229 e. The number of nitrogens with zero attached hydrogens (tertiary/aromatic N) is 1. The first-order valence-corrected chi connectivity index (χ1v) is 8.94. The zero-order valence-electron chi connectivity index (χ0n) is 14.7. The maximum atomic E-state index is 12.5. The van der Waals surface area contributed by atoms with E-state index in [-0.39, 0.29) is 24.3 Å². The summed E-state index contributed by atoms with van der Waals surface area (Å²) in [5.74, 6) is 0.0734. The van der Waals surface area contributed by atoms with Crippen LogP contribution in [-0.2, 0) is 9.59 Å². The number of halogens is 1. The monoisotopic (exact) mass is 372 g/mol. The van der Waals surface area contributed by atoms with Gasteiger partial charge in [0.2, 0.25) is 11.8 Å². The largest absolute Gasteiger partial charge is 0.491 e. The van der Waals surface area contributed by atoms with Gasteiger partial charge in [-0.25, -0.2) is 0 Å². The van der Waals surface area contributed by atoms with Gasteiger partial charge in [0.25, 0.3) is 0 Å². The molecule has 136 valence electrons.